The summed E-state index contributed by atoms with van der Waals surface area (Å²) in [4.78, 5) is 8.26. The Morgan fingerprint density at radius 2 is 2.12 bits per heavy atom. The number of ether oxygens (including phenoxy) is 1. The Morgan fingerprint density at radius 1 is 1.24 bits per heavy atom. The van der Waals surface area contributed by atoms with Crippen LogP contribution in [0.4, 0.5) is 0 Å². The molecule has 2 rings (SSSR count). The first kappa shape index (κ1) is 11.5. The zero-order chi connectivity index (χ0) is 12.1. The molecule has 88 valence electrons. The van der Waals surface area contributed by atoms with Crippen LogP contribution in [0.3, 0.4) is 0 Å². The van der Waals surface area contributed by atoms with Gasteiger partial charge in [0.25, 0.3) is 0 Å². The molecule has 0 saturated carbocycles. The molecule has 0 bridgehead atoms. The van der Waals surface area contributed by atoms with Crippen molar-refractivity contribution in [3.8, 4) is 11.6 Å². The third-order valence-corrected chi connectivity index (χ3v) is 2.42. The van der Waals surface area contributed by atoms with E-state index in [0.717, 1.165) is 17.9 Å². The number of hydrogen-bond acceptors (Lipinski definition) is 4. The highest BCUT2D eigenvalue weighted by Crippen LogP contribution is 2.19. The smallest absolute Gasteiger partial charge is 0.237 e. The van der Waals surface area contributed by atoms with Gasteiger partial charge in [0, 0.05) is 6.54 Å². The van der Waals surface area contributed by atoms with Crippen molar-refractivity contribution in [2.45, 2.75) is 19.9 Å². The van der Waals surface area contributed by atoms with E-state index in [1.54, 1.807) is 12.4 Å². The van der Waals surface area contributed by atoms with Gasteiger partial charge in [-0.05, 0) is 24.1 Å². The molecule has 0 spiro atoms. The van der Waals surface area contributed by atoms with E-state index in [9.17, 15) is 0 Å². The number of nitrogens with two attached hydrogens (primary N) is 1. The largest absolute Gasteiger partial charge is 0.437 e. The Bertz CT molecular complexity index is 482. The van der Waals surface area contributed by atoms with Gasteiger partial charge in [0.15, 0.2) is 0 Å². The van der Waals surface area contributed by atoms with E-state index in [0.29, 0.717) is 12.4 Å². The fourth-order valence-corrected chi connectivity index (χ4v) is 1.45. The fourth-order valence-electron chi connectivity index (χ4n) is 1.45. The molecular weight excluding hydrogens is 214 g/mol. The number of hydrogen-bond donors (Lipinski definition) is 1. The maximum Gasteiger partial charge on any atom is 0.237 e. The van der Waals surface area contributed by atoms with Crippen LogP contribution in [-0.2, 0) is 13.0 Å². The van der Waals surface area contributed by atoms with Crippen molar-refractivity contribution in [1.29, 1.82) is 0 Å². The van der Waals surface area contributed by atoms with Crippen molar-refractivity contribution in [2.24, 2.45) is 5.73 Å². The molecule has 1 heterocycles. The van der Waals surface area contributed by atoms with Crippen LogP contribution in [0.2, 0.25) is 0 Å². The van der Waals surface area contributed by atoms with Crippen molar-refractivity contribution in [1.82, 2.24) is 9.97 Å². The molecule has 0 aliphatic rings. The Hall–Kier alpha value is -1.94. The van der Waals surface area contributed by atoms with Crippen LogP contribution >= 0.6 is 0 Å². The summed E-state index contributed by atoms with van der Waals surface area (Å²) in [5.41, 5.74) is 7.43. The molecule has 2 aromatic rings. The molecule has 0 fully saturated rings. The summed E-state index contributed by atoms with van der Waals surface area (Å²) in [7, 11) is 0. The van der Waals surface area contributed by atoms with Crippen LogP contribution in [0.15, 0.2) is 36.7 Å². The quantitative estimate of drug-likeness (QED) is 0.873. The van der Waals surface area contributed by atoms with Gasteiger partial charge in [0.2, 0.25) is 5.88 Å². The standard InChI is InChI=1S/C13H15N3O/c1-2-10-4-3-5-12(6-10)17-13-9-15-11(7-14)8-16-13/h3-6,8-9H,2,7,14H2,1H3. The van der Waals surface area contributed by atoms with Gasteiger partial charge >= 0.3 is 0 Å². The number of rotatable bonds is 4. The second-order valence-corrected chi connectivity index (χ2v) is 3.65. The topological polar surface area (TPSA) is 61.0 Å². The van der Waals surface area contributed by atoms with Crippen molar-refractivity contribution in [3.63, 3.8) is 0 Å². The average molecular weight is 229 g/mol. The Labute approximate surface area is 100 Å². The van der Waals surface area contributed by atoms with Crippen molar-refractivity contribution < 1.29 is 4.74 Å². The molecule has 2 N–H and O–H groups in total. The molecule has 4 nitrogen and oxygen atoms in total. The van der Waals surface area contributed by atoms with E-state index in [1.165, 1.54) is 5.56 Å². The lowest BCUT2D eigenvalue weighted by Crippen LogP contribution is -2.00. The minimum Gasteiger partial charge on any atom is -0.437 e. The molecule has 0 unspecified atom stereocenters. The maximum absolute atomic E-state index is 5.61. The van der Waals surface area contributed by atoms with Gasteiger partial charge in [-0.15, -0.1) is 0 Å². The molecule has 0 aliphatic carbocycles. The lowest BCUT2D eigenvalue weighted by atomic mass is 10.2. The summed E-state index contributed by atoms with van der Waals surface area (Å²) in [6, 6.07) is 7.93. The van der Waals surface area contributed by atoms with Crippen LogP contribution in [0, 0.1) is 0 Å². The molecule has 0 radical (unpaired) electrons. The van der Waals surface area contributed by atoms with Crippen molar-refractivity contribution in [2.75, 3.05) is 0 Å². The molecule has 0 atom stereocenters. The predicted molar refractivity (Wildman–Crippen MR) is 65.8 cm³/mol. The fraction of sp³-hybridized carbons (Fsp3) is 0.231. The number of aryl methyl sites for hydroxylation is 1. The summed E-state index contributed by atoms with van der Waals surface area (Å²) in [6.07, 6.45) is 4.19. The molecule has 1 aromatic heterocycles. The van der Waals surface area contributed by atoms with Crippen molar-refractivity contribution >= 4 is 0 Å². The van der Waals surface area contributed by atoms with Crippen molar-refractivity contribution in [3.05, 3.63) is 47.9 Å². The van der Waals surface area contributed by atoms with Gasteiger partial charge in [-0.25, -0.2) is 4.98 Å². The second-order valence-electron chi connectivity index (χ2n) is 3.65. The minimum absolute atomic E-state index is 0.387. The first-order chi connectivity index (χ1) is 8.31. The van der Waals surface area contributed by atoms with Gasteiger partial charge < -0.3 is 10.5 Å². The Morgan fingerprint density at radius 3 is 2.76 bits per heavy atom. The van der Waals surface area contributed by atoms with E-state index >= 15 is 0 Å². The SMILES string of the molecule is CCc1cccc(Oc2cnc(CN)cn2)c1. The Balaban J connectivity index is 2.13. The van der Waals surface area contributed by atoms with Crippen LogP contribution in [0.5, 0.6) is 11.6 Å². The van der Waals surface area contributed by atoms with Crippen LogP contribution < -0.4 is 10.5 Å². The first-order valence-corrected chi connectivity index (χ1v) is 5.59. The normalized spacial score (nSPS) is 10.2. The number of nitrogens with zero attached hydrogens (tertiary/aromatic N) is 2. The number of aromatic nitrogens is 2. The summed E-state index contributed by atoms with van der Waals surface area (Å²) >= 11 is 0. The third kappa shape index (κ3) is 3.01. The molecule has 1 aromatic carbocycles. The highest BCUT2D eigenvalue weighted by atomic mass is 16.5. The maximum atomic E-state index is 5.61. The van der Waals surface area contributed by atoms with Gasteiger partial charge in [0.05, 0.1) is 18.1 Å². The third-order valence-electron chi connectivity index (χ3n) is 2.42. The molecule has 17 heavy (non-hydrogen) atoms. The van der Waals surface area contributed by atoms with Crippen LogP contribution in [0.25, 0.3) is 0 Å². The lowest BCUT2D eigenvalue weighted by Gasteiger charge is -2.05. The van der Waals surface area contributed by atoms with Gasteiger partial charge in [0.1, 0.15) is 5.75 Å². The predicted octanol–water partition coefficient (Wildman–Crippen LogP) is 2.29. The molecule has 0 amide bonds. The van der Waals surface area contributed by atoms with E-state index in [1.807, 2.05) is 18.2 Å². The molecule has 0 aliphatic heterocycles. The lowest BCUT2D eigenvalue weighted by molar-refractivity contribution is 0.458. The highest BCUT2D eigenvalue weighted by molar-refractivity contribution is 5.31. The van der Waals surface area contributed by atoms with Crippen LogP contribution in [-0.4, -0.2) is 9.97 Å². The Kier molecular flexibility index (Phi) is 3.67. The zero-order valence-corrected chi connectivity index (χ0v) is 9.76. The summed E-state index contributed by atoms with van der Waals surface area (Å²) in [6.45, 7) is 2.49. The molecule has 4 heteroatoms. The number of benzene rings is 1. The molecule has 0 saturated heterocycles. The van der Waals surface area contributed by atoms with Gasteiger partial charge in [-0.3, -0.25) is 4.98 Å². The van der Waals surface area contributed by atoms with E-state index in [4.69, 9.17) is 10.5 Å². The van der Waals surface area contributed by atoms with Crippen LogP contribution in [0.1, 0.15) is 18.2 Å². The summed E-state index contributed by atoms with van der Waals surface area (Å²) in [5, 5.41) is 0. The monoisotopic (exact) mass is 229 g/mol. The van der Waals surface area contributed by atoms with Gasteiger partial charge in [-0.1, -0.05) is 19.1 Å². The molecular formula is C13H15N3O. The van der Waals surface area contributed by atoms with E-state index in [2.05, 4.69) is 23.0 Å². The average Bonchev–Trinajstić information content (AvgIpc) is 2.40. The van der Waals surface area contributed by atoms with Gasteiger partial charge in [-0.2, -0.15) is 0 Å². The highest BCUT2D eigenvalue weighted by Gasteiger charge is 2.00. The van der Waals surface area contributed by atoms with E-state index < -0.39 is 0 Å². The van der Waals surface area contributed by atoms with E-state index in [-0.39, 0.29) is 0 Å². The zero-order valence-electron chi connectivity index (χ0n) is 9.76. The minimum atomic E-state index is 0.387. The summed E-state index contributed by atoms with van der Waals surface area (Å²) < 4.78 is 5.61. The summed E-state index contributed by atoms with van der Waals surface area (Å²) in [5.74, 6) is 1.26. The second kappa shape index (κ2) is 5.41. The first-order valence-electron chi connectivity index (χ1n) is 5.59.